The van der Waals surface area contributed by atoms with Gasteiger partial charge in [0.1, 0.15) is 12.4 Å². The highest BCUT2D eigenvalue weighted by Gasteiger charge is 2.44. The molecule has 41 heavy (non-hydrogen) atoms. The molecule has 0 unspecified atom stereocenters. The molecule has 0 radical (unpaired) electrons. The van der Waals surface area contributed by atoms with Crippen LogP contribution in [0.4, 0.5) is 13.2 Å². The Kier molecular flexibility index (Phi) is 9.49. The first-order chi connectivity index (χ1) is 19.7. The molecule has 1 aliphatic rings. The molecule has 1 heterocycles. The van der Waals surface area contributed by atoms with Crippen LogP contribution in [0.25, 0.3) is 10.4 Å². The summed E-state index contributed by atoms with van der Waals surface area (Å²) in [4.78, 5) is 21.2. The van der Waals surface area contributed by atoms with E-state index >= 15 is 0 Å². The molecule has 0 bridgehead atoms. The minimum absolute atomic E-state index is 0.0101. The topological polar surface area (TPSA) is 129 Å². The van der Waals surface area contributed by atoms with Crippen LogP contribution in [-0.2, 0) is 35.2 Å². The average Bonchev–Trinajstić information content (AvgIpc) is 3.41. The number of halogens is 3. The van der Waals surface area contributed by atoms with Gasteiger partial charge >= 0.3 is 6.18 Å². The maximum Gasteiger partial charge on any atom is 0.416 e. The largest absolute Gasteiger partial charge is 0.494 e. The maximum atomic E-state index is 13.7. The number of benzene rings is 3. The van der Waals surface area contributed by atoms with Gasteiger partial charge < -0.3 is 19.9 Å². The van der Waals surface area contributed by atoms with E-state index in [9.17, 15) is 18.0 Å². The van der Waals surface area contributed by atoms with E-state index in [4.69, 9.17) is 25.1 Å². The van der Waals surface area contributed by atoms with Crippen LogP contribution in [0.2, 0.25) is 0 Å². The van der Waals surface area contributed by atoms with Gasteiger partial charge in [0.2, 0.25) is 5.90 Å². The van der Waals surface area contributed by atoms with Crippen molar-refractivity contribution in [2.75, 3.05) is 19.8 Å². The monoisotopic (exact) mass is 567 g/mol. The van der Waals surface area contributed by atoms with E-state index in [1.54, 1.807) is 42.5 Å². The molecular weight excluding hydrogens is 539 g/mol. The third-order valence-electron chi connectivity index (χ3n) is 6.50. The fourth-order valence-corrected chi connectivity index (χ4v) is 4.30. The number of amides is 1. The SMILES string of the molecule is [N-]=[N+]=NCc1ccccc1C[C@]1(C(=O)NCc2ccc(C(F)(F)F)cc2)COC(c2ccc(OCCCO)cc2)=N1. The predicted octanol–water partition coefficient (Wildman–Crippen LogP) is 5.35. The number of nitrogens with zero attached hydrogens (tertiary/aromatic N) is 4. The molecule has 1 aliphatic heterocycles. The molecule has 2 N–H and O–H groups in total. The Labute approximate surface area is 234 Å². The molecule has 0 aromatic heterocycles. The molecule has 0 saturated heterocycles. The van der Waals surface area contributed by atoms with E-state index in [1.165, 1.54) is 12.1 Å². The van der Waals surface area contributed by atoms with Crippen LogP contribution in [0.1, 0.15) is 34.2 Å². The van der Waals surface area contributed by atoms with Gasteiger partial charge in [-0.3, -0.25) is 4.79 Å². The zero-order valence-electron chi connectivity index (χ0n) is 22.0. The Hall–Kier alpha value is -4.54. The first-order valence-electron chi connectivity index (χ1n) is 12.8. The molecule has 1 amide bonds. The number of carbonyl (C=O) groups is 1. The lowest BCUT2D eigenvalue weighted by Gasteiger charge is -2.24. The van der Waals surface area contributed by atoms with Gasteiger partial charge in [-0.05, 0) is 58.6 Å². The molecular formula is C29H28F3N5O4. The van der Waals surface area contributed by atoms with Crippen molar-refractivity contribution in [3.8, 4) is 5.75 Å². The summed E-state index contributed by atoms with van der Waals surface area (Å²) in [5.74, 6) is 0.396. The van der Waals surface area contributed by atoms with E-state index in [0.29, 0.717) is 29.9 Å². The van der Waals surface area contributed by atoms with Crippen molar-refractivity contribution in [1.82, 2.24) is 5.32 Å². The molecule has 0 aliphatic carbocycles. The molecule has 0 saturated carbocycles. The van der Waals surface area contributed by atoms with Crippen molar-refractivity contribution < 1.29 is 32.5 Å². The van der Waals surface area contributed by atoms with Crippen LogP contribution in [0.3, 0.4) is 0 Å². The molecule has 12 heteroatoms. The number of aliphatic imine (C=N–C) groups is 1. The number of alkyl halides is 3. The number of aliphatic hydroxyl groups excluding tert-OH is 1. The van der Waals surface area contributed by atoms with Crippen LogP contribution in [0.5, 0.6) is 5.75 Å². The van der Waals surface area contributed by atoms with Crippen LogP contribution < -0.4 is 10.1 Å². The highest BCUT2D eigenvalue weighted by Crippen LogP contribution is 2.31. The predicted molar refractivity (Wildman–Crippen MR) is 145 cm³/mol. The highest BCUT2D eigenvalue weighted by atomic mass is 19.4. The summed E-state index contributed by atoms with van der Waals surface area (Å²) in [5, 5.41) is 15.4. The Bertz CT molecular complexity index is 1420. The van der Waals surface area contributed by atoms with Crippen LogP contribution in [-0.4, -0.2) is 42.3 Å². The molecule has 4 rings (SSSR count). The number of hydrogen-bond acceptors (Lipinski definition) is 6. The van der Waals surface area contributed by atoms with Gasteiger partial charge in [-0.15, -0.1) is 0 Å². The molecule has 9 nitrogen and oxygen atoms in total. The number of azide groups is 1. The minimum Gasteiger partial charge on any atom is -0.494 e. The third-order valence-corrected chi connectivity index (χ3v) is 6.50. The van der Waals surface area contributed by atoms with Crippen LogP contribution >= 0.6 is 0 Å². The molecule has 0 spiro atoms. The lowest BCUT2D eigenvalue weighted by Crippen LogP contribution is -2.48. The highest BCUT2D eigenvalue weighted by molar-refractivity contribution is 6.00. The first kappa shape index (κ1) is 29.4. The number of nitrogens with one attached hydrogen (secondary N) is 1. The Morgan fingerprint density at radius 2 is 1.80 bits per heavy atom. The number of ether oxygens (including phenoxy) is 2. The summed E-state index contributed by atoms with van der Waals surface area (Å²) in [6.07, 6.45) is -3.82. The van der Waals surface area contributed by atoms with E-state index in [2.05, 4.69) is 15.3 Å². The summed E-state index contributed by atoms with van der Waals surface area (Å²) in [5.41, 5.74) is 9.22. The van der Waals surface area contributed by atoms with Crippen molar-refractivity contribution in [3.05, 3.63) is 111 Å². The molecule has 214 valence electrons. The first-order valence-corrected chi connectivity index (χ1v) is 12.8. The van der Waals surface area contributed by atoms with Crippen LogP contribution in [0.15, 0.2) is 82.9 Å². The molecule has 3 aromatic rings. The second kappa shape index (κ2) is 13.2. The maximum absolute atomic E-state index is 13.7. The van der Waals surface area contributed by atoms with Crippen molar-refractivity contribution in [2.24, 2.45) is 10.1 Å². The van der Waals surface area contributed by atoms with Crippen molar-refractivity contribution in [3.63, 3.8) is 0 Å². The third kappa shape index (κ3) is 7.56. The number of hydrogen-bond donors (Lipinski definition) is 2. The van der Waals surface area contributed by atoms with Crippen molar-refractivity contribution >= 4 is 11.8 Å². The summed E-state index contributed by atoms with van der Waals surface area (Å²) < 4.78 is 50.3. The summed E-state index contributed by atoms with van der Waals surface area (Å²) in [6, 6.07) is 18.8. The molecule has 0 fully saturated rings. The summed E-state index contributed by atoms with van der Waals surface area (Å²) in [6.45, 7) is 0.392. The second-order valence-corrected chi connectivity index (χ2v) is 9.40. The van der Waals surface area contributed by atoms with Gasteiger partial charge in [0.25, 0.3) is 5.91 Å². The smallest absolute Gasteiger partial charge is 0.416 e. The van der Waals surface area contributed by atoms with Gasteiger partial charge in [0, 0.05) is 36.5 Å². The van der Waals surface area contributed by atoms with Gasteiger partial charge in [-0.2, -0.15) is 13.2 Å². The van der Waals surface area contributed by atoms with E-state index < -0.39 is 23.2 Å². The quantitative estimate of drug-likeness (QED) is 0.132. The Morgan fingerprint density at radius 1 is 1.10 bits per heavy atom. The lowest BCUT2D eigenvalue weighted by molar-refractivity contribution is -0.137. The van der Waals surface area contributed by atoms with Crippen LogP contribution in [0, 0.1) is 0 Å². The van der Waals surface area contributed by atoms with E-state index in [1.807, 2.05) is 6.07 Å². The number of aliphatic hydroxyl groups is 1. The fraction of sp³-hybridized carbons (Fsp3) is 0.310. The second-order valence-electron chi connectivity index (χ2n) is 9.40. The fourth-order valence-electron chi connectivity index (χ4n) is 4.30. The zero-order valence-corrected chi connectivity index (χ0v) is 22.0. The van der Waals surface area contributed by atoms with E-state index in [-0.39, 0.29) is 38.6 Å². The summed E-state index contributed by atoms with van der Waals surface area (Å²) >= 11 is 0. The minimum atomic E-state index is -4.45. The van der Waals surface area contributed by atoms with Crippen molar-refractivity contribution in [2.45, 2.75) is 37.6 Å². The molecule has 3 aromatic carbocycles. The Balaban J connectivity index is 1.59. The summed E-state index contributed by atoms with van der Waals surface area (Å²) in [7, 11) is 0. The lowest BCUT2D eigenvalue weighted by atomic mass is 9.89. The van der Waals surface area contributed by atoms with Crippen molar-refractivity contribution in [1.29, 1.82) is 0 Å². The standard InChI is InChI=1S/C29H28F3N5O4/c30-29(31,32)24-10-6-20(7-11-24)17-34-27(39)28(16-22-4-1-2-5-23(22)18-35-37-33)19-41-26(36-28)21-8-12-25(13-9-21)40-15-3-14-38/h1-2,4-13,38H,3,14-19H2,(H,34,39)/t28-/m1/s1. The van der Waals surface area contributed by atoms with Gasteiger partial charge in [0.15, 0.2) is 5.54 Å². The van der Waals surface area contributed by atoms with Gasteiger partial charge in [-0.1, -0.05) is 41.5 Å². The number of carbonyl (C=O) groups excluding carboxylic acids is 1. The van der Waals surface area contributed by atoms with Gasteiger partial charge in [-0.25, -0.2) is 4.99 Å². The van der Waals surface area contributed by atoms with Gasteiger partial charge in [0.05, 0.1) is 18.7 Å². The average molecular weight is 568 g/mol. The van der Waals surface area contributed by atoms with E-state index in [0.717, 1.165) is 23.3 Å². The normalized spacial score (nSPS) is 16.3. The Morgan fingerprint density at radius 3 is 2.46 bits per heavy atom. The molecule has 1 atom stereocenters. The number of rotatable bonds is 12. The zero-order chi connectivity index (χ0) is 29.3.